The molecule has 11 unspecified atom stereocenters. The van der Waals surface area contributed by atoms with Gasteiger partial charge in [-0.1, -0.05) is 48.6 Å². The maximum absolute atomic E-state index is 12.5. The molecule has 4 rings (SSSR count). The normalized spacial score (nSPS) is 46.4. The van der Waals surface area contributed by atoms with Crippen LogP contribution in [0.15, 0.2) is 60.8 Å². The van der Waals surface area contributed by atoms with Gasteiger partial charge in [0.25, 0.3) is 0 Å². The Morgan fingerprint density at radius 2 is 1.61 bits per heavy atom. The van der Waals surface area contributed by atoms with Crippen LogP contribution in [0.4, 0.5) is 0 Å². The molecule has 13 nitrogen and oxygen atoms in total. The number of aliphatic hydroxyl groups is 5. The summed E-state index contributed by atoms with van der Waals surface area (Å²) in [6.07, 6.45) is 7.45. The van der Waals surface area contributed by atoms with Gasteiger partial charge in [0.15, 0.2) is 12.1 Å². The minimum atomic E-state index is -2.02. The van der Waals surface area contributed by atoms with E-state index in [1.165, 1.54) is 6.08 Å². The summed E-state index contributed by atoms with van der Waals surface area (Å²) in [6.45, 7) is 3.44. The van der Waals surface area contributed by atoms with E-state index in [-0.39, 0.29) is 38.2 Å². The molecule has 256 valence electrons. The summed E-state index contributed by atoms with van der Waals surface area (Å²) in [4.78, 5) is 24.6. The lowest BCUT2D eigenvalue weighted by Crippen LogP contribution is -2.57. The smallest absolute Gasteiger partial charge is 0.330 e. The number of primary amides is 1. The molecular weight excluding hydrogens is 602 g/mol. The lowest BCUT2D eigenvalue weighted by atomic mass is 9.82. The Kier molecular flexibility index (Phi) is 12.9. The topological polar surface area (TPSA) is 211 Å². The van der Waals surface area contributed by atoms with Gasteiger partial charge in [-0.25, -0.2) is 4.79 Å². The number of carbonyl (C=O) groups excluding carboxylic acids is 2. The molecule has 0 aromatic rings. The maximum atomic E-state index is 12.5. The van der Waals surface area contributed by atoms with Gasteiger partial charge < -0.3 is 55.0 Å². The number of hydrogen-bond acceptors (Lipinski definition) is 12. The third-order valence-electron chi connectivity index (χ3n) is 8.41. The van der Waals surface area contributed by atoms with E-state index in [0.717, 1.165) is 0 Å². The average Bonchev–Trinajstić information content (AvgIpc) is 3.69. The van der Waals surface area contributed by atoms with Crippen LogP contribution in [0.3, 0.4) is 0 Å². The van der Waals surface area contributed by atoms with Crippen LogP contribution in [0, 0.1) is 5.92 Å². The van der Waals surface area contributed by atoms with Crippen LogP contribution in [-0.2, 0) is 33.3 Å². The largest absolute Gasteiger partial charge is 0.459 e. The summed E-state index contributed by atoms with van der Waals surface area (Å²) in [6, 6.07) is 0. The number of fused-ring (bicyclic) bond motifs is 3. The molecular formula is C33H47NO12. The summed E-state index contributed by atoms with van der Waals surface area (Å²) >= 11 is 0. The van der Waals surface area contributed by atoms with Crippen molar-refractivity contribution in [3.8, 4) is 0 Å². The second kappa shape index (κ2) is 16.4. The Morgan fingerprint density at radius 3 is 2.35 bits per heavy atom. The molecule has 0 radical (unpaired) electrons. The molecule has 4 heterocycles. The third-order valence-corrected chi connectivity index (χ3v) is 8.41. The molecule has 2 bridgehead atoms. The van der Waals surface area contributed by atoms with Crippen molar-refractivity contribution < 1.29 is 58.8 Å². The molecule has 13 heteroatoms. The summed E-state index contributed by atoms with van der Waals surface area (Å²) in [5.74, 6) is -4.57. The Morgan fingerprint density at radius 1 is 0.891 bits per heavy atom. The molecule has 13 atom stereocenters. The fourth-order valence-electron chi connectivity index (χ4n) is 5.94. The third kappa shape index (κ3) is 10.7. The molecule has 0 spiro atoms. The number of cyclic esters (lactones) is 1. The minimum Gasteiger partial charge on any atom is -0.459 e. The van der Waals surface area contributed by atoms with Gasteiger partial charge in [0.05, 0.1) is 48.6 Å². The minimum absolute atomic E-state index is 0.0310. The number of aliphatic hydroxyl groups excluding tert-OH is 4. The zero-order valence-corrected chi connectivity index (χ0v) is 26.1. The van der Waals surface area contributed by atoms with Crippen molar-refractivity contribution in [2.24, 2.45) is 11.7 Å². The number of epoxide rings is 1. The Hall–Kier alpha value is -2.72. The highest BCUT2D eigenvalue weighted by Crippen LogP contribution is 2.39. The first kappa shape index (κ1) is 36.1. The number of hydrogen-bond donors (Lipinski definition) is 6. The van der Waals surface area contributed by atoms with Crippen molar-refractivity contribution in [1.29, 1.82) is 0 Å². The highest BCUT2D eigenvalue weighted by Gasteiger charge is 2.50. The van der Waals surface area contributed by atoms with Gasteiger partial charge in [0.1, 0.15) is 18.3 Å². The Labute approximate surface area is 268 Å². The first-order chi connectivity index (χ1) is 21.8. The van der Waals surface area contributed by atoms with E-state index in [0.29, 0.717) is 6.42 Å². The lowest BCUT2D eigenvalue weighted by Gasteiger charge is -2.45. The molecule has 0 aliphatic carbocycles. The molecule has 4 aliphatic heterocycles. The second-order valence-corrected chi connectivity index (χ2v) is 12.5. The van der Waals surface area contributed by atoms with Crippen LogP contribution >= 0.6 is 0 Å². The van der Waals surface area contributed by atoms with Gasteiger partial charge in [0.2, 0.25) is 5.91 Å². The molecule has 1 amide bonds. The van der Waals surface area contributed by atoms with Crippen LogP contribution in [0.1, 0.15) is 52.4 Å². The van der Waals surface area contributed by atoms with E-state index < -0.39 is 84.8 Å². The quantitative estimate of drug-likeness (QED) is 0.183. The van der Waals surface area contributed by atoms with Gasteiger partial charge in [-0.05, 0) is 19.9 Å². The number of rotatable bonds is 3. The van der Waals surface area contributed by atoms with Gasteiger partial charge in [-0.2, -0.15) is 0 Å². The van der Waals surface area contributed by atoms with E-state index in [1.54, 1.807) is 56.4 Å². The van der Waals surface area contributed by atoms with Crippen LogP contribution in [0.25, 0.3) is 0 Å². The molecule has 0 saturated carbocycles. The van der Waals surface area contributed by atoms with E-state index in [9.17, 15) is 35.1 Å². The second-order valence-electron chi connectivity index (χ2n) is 12.5. The van der Waals surface area contributed by atoms with Crippen molar-refractivity contribution >= 4 is 11.9 Å². The molecule has 3 fully saturated rings. The van der Waals surface area contributed by atoms with Gasteiger partial charge >= 0.3 is 5.97 Å². The fourth-order valence-corrected chi connectivity index (χ4v) is 5.94. The average molecular weight is 650 g/mol. The molecule has 0 aromatic carbocycles. The van der Waals surface area contributed by atoms with Crippen LogP contribution in [-0.4, -0.2) is 111 Å². The van der Waals surface area contributed by atoms with Gasteiger partial charge in [-0.15, -0.1) is 0 Å². The van der Waals surface area contributed by atoms with Gasteiger partial charge in [0, 0.05) is 44.6 Å². The number of carbonyl (C=O) groups is 2. The van der Waals surface area contributed by atoms with Crippen molar-refractivity contribution in [1.82, 2.24) is 0 Å². The van der Waals surface area contributed by atoms with Crippen molar-refractivity contribution in [3.05, 3.63) is 60.8 Å². The number of allylic oxidation sites excluding steroid dienone is 6. The highest BCUT2D eigenvalue weighted by molar-refractivity contribution is 5.82. The van der Waals surface area contributed by atoms with Crippen LogP contribution in [0.2, 0.25) is 0 Å². The molecule has 3 saturated heterocycles. The monoisotopic (exact) mass is 649 g/mol. The first-order valence-electron chi connectivity index (χ1n) is 15.8. The summed E-state index contributed by atoms with van der Waals surface area (Å²) in [5, 5.41) is 53.8. The highest BCUT2D eigenvalue weighted by atomic mass is 16.7. The standard InChI is InChI=1S/C33H47NO12/c1-19-10-8-6-4-3-5-7-9-11-22(44-32-24(37)16-23(36)20(2)43-32)15-28-30(31(34)40)25(38)18-33(41,46-28)17-21(35)14-27-26(45-27)12-13-29(39)42-19/h3-9,11-13,19-28,30,32,35-38,41H,10,14-18H2,1-2H3,(H2,34,40)/b4-3+,7-5+,8-6+,11-9+,13-12+/t19?,20-,21?,22?,23?,24+,25?,26?,27?,28?,30?,32?,33?/m1/s1. The number of nitrogens with two attached hydrogens (primary N) is 1. The molecule has 46 heavy (non-hydrogen) atoms. The number of amides is 1. The number of esters is 1. The molecule has 4 aliphatic rings. The summed E-state index contributed by atoms with van der Waals surface area (Å²) < 4.78 is 28.7. The first-order valence-corrected chi connectivity index (χ1v) is 15.8. The van der Waals surface area contributed by atoms with E-state index in [2.05, 4.69) is 0 Å². The van der Waals surface area contributed by atoms with Crippen molar-refractivity contribution in [3.63, 3.8) is 0 Å². The zero-order chi connectivity index (χ0) is 33.4. The molecule has 0 aromatic heterocycles. The van der Waals surface area contributed by atoms with Gasteiger partial charge in [-0.3, -0.25) is 4.79 Å². The molecule has 7 N–H and O–H groups in total. The predicted molar refractivity (Wildman–Crippen MR) is 163 cm³/mol. The van der Waals surface area contributed by atoms with E-state index in [4.69, 9.17) is 29.4 Å². The maximum Gasteiger partial charge on any atom is 0.330 e. The zero-order valence-electron chi connectivity index (χ0n) is 26.1. The Bertz CT molecular complexity index is 1190. The van der Waals surface area contributed by atoms with Crippen molar-refractivity contribution in [2.45, 2.75) is 125 Å². The lowest BCUT2D eigenvalue weighted by molar-refractivity contribution is -0.305. The van der Waals surface area contributed by atoms with E-state index in [1.807, 2.05) is 12.2 Å². The predicted octanol–water partition coefficient (Wildman–Crippen LogP) is 0.583. The van der Waals surface area contributed by atoms with E-state index >= 15 is 0 Å². The number of ether oxygens (including phenoxy) is 5. The Balaban J connectivity index is 1.57. The van der Waals surface area contributed by atoms with Crippen molar-refractivity contribution in [2.75, 3.05) is 0 Å². The van der Waals surface area contributed by atoms with Crippen LogP contribution in [0.5, 0.6) is 0 Å². The van der Waals surface area contributed by atoms with Crippen LogP contribution < -0.4 is 5.73 Å². The summed E-state index contributed by atoms with van der Waals surface area (Å²) in [5.41, 5.74) is 5.65. The fraction of sp³-hybridized carbons (Fsp3) is 0.636. The summed E-state index contributed by atoms with van der Waals surface area (Å²) in [7, 11) is 0. The SMILES string of the molecule is CC1C/C=C/C=C/C=C/C=C/C(OC2O[C@H](C)C(O)C[C@@H]2O)CC2OC(O)(CC(O)CC3OC3/C=C/C(=O)O1)CC(O)C2C(N)=O.